The molecule has 30 heavy (non-hydrogen) atoms. The molecule has 1 aliphatic heterocycles. The Labute approximate surface area is 184 Å². The summed E-state index contributed by atoms with van der Waals surface area (Å²) in [6.07, 6.45) is -0.623. The van der Waals surface area contributed by atoms with Gasteiger partial charge >= 0.3 is 0 Å². The molecule has 3 aromatic rings. The highest BCUT2D eigenvalue weighted by Gasteiger charge is 2.31. The Morgan fingerprint density at radius 1 is 1.03 bits per heavy atom. The van der Waals surface area contributed by atoms with Crippen LogP contribution in [0.4, 0.5) is 11.4 Å². The molecule has 1 N–H and O–H groups in total. The Morgan fingerprint density at radius 3 is 2.53 bits per heavy atom. The molecular formula is C23H18Cl2N2O3. The predicted molar refractivity (Wildman–Crippen MR) is 119 cm³/mol. The van der Waals surface area contributed by atoms with E-state index in [1.807, 2.05) is 30.3 Å². The summed E-state index contributed by atoms with van der Waals surface area (Å²) in [6, 6.07) is 19.7. The van der Waals surface area contributed by atoms with E-state index in [0.717, 1.165) is 5.56 Å². The summed E-state index contributed by atoms with van der Waals surface area (Å²) in [5.74, 6) is 0.0958. The number of rotatable bonds is 4. The number of hydrogen-bond acceptors (Lipinski definition) is 3. The van der Waals surface area contributed by atoms with Crippen LogP contribution < -0.4 is 15.0 Å². The molecule has 0 spiro atoms. The SMILES string of the molecule is CC1Oc2cc(NC(=O)c3ccc(Cl)c(Cl)c3)ccc2N(Cc2ccccc2)C1=O. The molecule has 0 saturated heterocycles. The smallest absolute Gasteiger partial charge is 0.268 e. The molecule has 0 radical (unpaired) electrons. The van der Waals surface area contributed by atoms with Crippen LogP contribution in [0.1, 0.15) is 22.8 Å². The van der Waals surface area contributed by atoms with Crippen LogP contribution in [0.15, 0.2) is 66.7 Å². The lowest BCUT2D eigenvalue weighted by Crippen LogP contribution is -2.44. The summed E-state index contributed by atoms with van der Waals surface area (Å²) in [7, 11) is 0. The van der Waals surface area contributed by atoms with Gasteiger partial charge in [-0.05, 0) is 42.8 Å². The van der Waals surface area contributed by atoms with Crippen molar-refractivity contribution in [3.05, 3.63) is 87.9 Å². The van der Waals surface area contributed by atoms with Crippen LogP contribution >= 0.6 is 23.2 Å². The Kier molecular flexibility index (Phi) is 5.66. The zero-order valence-corrected chi connectivity index (χ0v) is 17.6. The molecule has 7 heteroatoms. The number of amides is 2. The van der Waals surface area contributed by atoms with Gasteiger partial charge in [0.25, 0.3) is 11.8 Å². The van der Waals surface area contributed by atoms with Gasteiger partial charge in [0.05, 0.1) is 22.3 Å². The highest BCUT2D eigenvalue weighted by molar-refractivity contribution is 6.42. The minimum Gasteiger partial charge on any atom is -0.479 e. The van der Waals surface area contributed by atoms with Crippen LogP contribution in [-0.4, -0.2) is 17.9 Å². The number of carbonyl (C=O) groups is 2. The molecular weight excluding hydrogens is 423 g/mol. The Morgan fingerprint density at radius 2 is 1.80 bits per heavy atom. The molecule has 1 unspecified atom stereocenters. The molecule has 0 aliphatic carbocycles. The van der Waals surface area contributed by atoms with E-state index in [2.05, 4.69) is 5.32 Å². The topological polar surface area (TPSA) is 58.6 Å². The third-order valence-electron chi connectivity index (χ3n) is 4.79. The quantitative estimate of drug-likeness (QED) is 0.577. The maximum atomic E-state index is 12.7. The van der Waals surface area contributed by atoms with E-state index >= 15 is 0 Å². The van der Waals surface area contributed by atoms with Gasteiger partial charge in [-0.1, -0.05) is 53.5 Å². The monoisotopic (exact) mass is 440 g/mol. The fourth-order valence-electron chi connectivity index (χ4n) is 3.26. The fourth-order valence-corrected chi connectivity index (χ4v) is 3.56. The number of carbonyl (C=O) groups excluding carboxylic acids is 2. The lowest BCUT2D eigenvalue weighted by molar-refractivity contribution is -0.125. The van der Waals surface area contributed by atoms with Gasteiger partial charge in [0.1, 0.15) is 5.75 Å². The maximum Gasteiger partial charge on any atom is 0.268 e. The van der Waals surface area contributed by atoms with E-state index in [1.54, 1.807) is 42.2 Å². The van der Waals surface area contributed by atoms with Crippen molar-refractivity contribution < 1.29 is 14.3 Å². The standard InChI is InChI=1S/C23H18Cl2N2O3/c1-14-23(29)27(13-15-5-3-2-4-6-15)20-10-8-17(12-21(20)30-14)26-22(28)16-7-9-18(24)19(25)11-16/h2-12,14H,13H2,1H3,(H,26,28). The third-order valence-corrected chi connectivity index (χ3v) is 5.53. The van der Waals surface area contributed by atoms with Gasteiger partial charge in [0.2, 0.25) is 0 Å². The van der Waals surface area contributed by atoms with Crippen molar-refractivity contribution in [2.24, 2.45) is 0 Å². The summed E-state index contributed by atoms with van der Waals surface area (Å²) >= 11 is 11.9. The number of nitrogens with zero attached hydrogens (tertiary/aromatic N) is 1. The van der Waals surface area contributed by atoms with Crippen molar-refractivity contribution in [2.45, 2.75) is 19.6 Å². The lowest BCUT2D eigenvalue weighted by Gasteiger charge is -2.33. The van der Waals surface area contributed by atoms with Crippen molar-refractivity contribution in [3.8, 4) is 5.75 Å². The van der Waals surface area contributed by atoms with E-state index < -0.39 is 6.10 Å². The first-order valence-electron chi connectivity index (χ1n) is 9.35. The Hall–Kier alpha value is -3.02. The number of ether oxygens (including phenoxy) is 1. The molecule has 5 nitrogen and oxygen atoms in total. The molecule has 152 valence electrons. The molecule has 0 aromatic heterocycles. The summed E-state index contributed by atoms with van der Waals surface area (Å²) in [5.41, 5.74) is 2.61. The van der Waals surface area contributed by atoms with E-state index in [9.17, 15) is 9.59 Å². The first-order valence-corrected chi connectivity index (χ1v) is 10.1. The Bertz CT molecular complexity index is 1120. The second kappa shape index (κ2) is 8.38. The average molecular weight is 441 g/mol. The van der Waals surface area contributed by atoms with Crippen molar-refractivity contribution in [2.75, 3.05) is 10.2 Å². The zero-order valence-electron chi connectivity index (χ0n) is 16.1. The normalized spacial score (nSPS) is 15.4. The first kappa shape index (κ1) is 20.3. The molecule has 2 amide bonds. The Balaban J connectivity index is 1.59. The van der Waals surface area contributed by atoms with Crippen LogP contribution in [0.25, 0.3) is 0 Å². The summed E-state index contributed by atoms with van der Waals surface area (Å²) in [4.78, 5) is 27.0. The number of benzene rings is 3. The average Bonchev–Trinajstić information content (AvgIpc) is 2.74. The molecule has 0 bridgehead atoms. The largest absolute Gasteiger partial charge is 0.479 e. The lowest BCUT2D eigenvalue weighted by atomic mass is 10.1. The highest BCUT2D eigenvalue weighted by Crippen LogP contribution is 2.37. The molecule has 1 aliphatic rings. The first-order chi connectivity index (χ1) is 14.4. The maximum absolute atomic E-state index is 12.7. The van der Waals surface area contributed by atoms with Gasteiger partial charge in [-0.25, -0.2) is 0 Å². The second-order valence-corrected chi connectivity index (χ2v) is 7.75. The highest BCUT2D eigenvalue weighted by atomic mass is 35.5. The van der Waals surface area contributed by atoms with Gasteiger partial charge in [0.15, 0.2) is 6.10 Å². The number of fused-ring (bicyclic) bond motifs is 1. The minimum atomic E-state index is -0.623. The van der Waals surface area contributed by atoms with Crippen LogP contribution in [0.3, 0.4) is 0 Å². The minimum absolute atomic E-state index is 0.112. The van der Waals surface area contributed by atoms with E-state index in [1.165, 1.54) is 6.07 Å². The van der Waals surface area contributed by atoms with Crippen molar-refractivity contribution in [1.82, 2.24) is 0 Å². The van der Waals surface area contributed by atoms with Crippen LogP contribution in [0.2, 0.25) is 10.0 Å². The number of anilines is 2. The summed E-state index contributed by atoms with van der Waals surface area (Å²) in [6.45, 7) is 2.15. The van der Waals surface area contributed by atoms with E-state index in [4.69, 9.17) is 27.9 Å². The second-order valence-electron chi connectivity index (χ2n) is 6.94. The van der Waals surface area contributed by atoms with Gasteiger partial charge in [-0.2, -0.15) is 0 Å². The van der Waals surface area contributed by atoms with Crippen LogP contribution in [0, 0.1) is 0 Å². The zero-order chi connectivity index (χ0) is 21.3. The fraction of sp³-hybridized carbons (Fsp3) is 0.130. The van der Waals surface area contributed by atoms with Gasteiger partial charge in [0, 0.05) is 17.3 Å². The summed E-state index contributed by atoms with van der Waals surface area (Å²) < 4.78 is 5.79. The van der Waals surface area contributed by atoms with Crippen LogP contribution in [0.5, 0.6) is 5.75 Å². The molecule has 4 rings (SSSR count). The third kappa shape index (κ3) is 4.13. The number of nitrogens with one attached hydrogen (secondary N) is 1. The number of halogens is 2. The predicted octanol–water partition coefficient (Wildman–Crippen LogP) is 5.56. The van der Waals surface area contributed by atoms with E-state index in [-0.39, 0.29) is 11.8 Å². The molecule has 1 atom stereocenters. The molecule has 0 saturated carbocycles. The van der Waals surface area contributed by atoms with Gasteiger partial charge in [-0.15, -0.1) is 0 Å². The molecule has 1 heterocycles. The molecule has 0 fully saturated rings. The van der Waals surface area contributed by atoms with Gasteiger partial charge in [-0.3, -0.25) is 9.59 Å². The van der Waals surface area contributed by atoms with E-state index in [0.29, 0.717) is 39.3 Å². The summed E-state index contributed by atoms with van der Waals surface area (Å²) in [5, 5.41) is 3.51. The van der Waals surface area contributed by atoms with Crippen LogP contribution in [-0.2, 0) is 11.3 Å². The molecule has 3 aromatic carbocycles. The van der Waals surface area contributed by atoms with Gasteiger partial charge < -0.3 is 15.0 Å². The number of hydrogen-bond donors (Lipinski definition) is 1. The van der Waals surface area contributed by atoms with Crippen molar-refractivity contribution in [3.63, 3.8) is 0 Å². The van der Waals surface area contributed by atoms with Crippen molar-refractivity contribution in [1.29, 1.82) is 0 Å². The van der Waals surface area contributed by atoms with Crippen molar-refractivity contribution >= 4 is 46.4 Å².